The maximum absolute atomic E-state index is 12.8. The highest BCUT2D eigenvalue weighted by Crippen LogP contribution is 2.16. The molecule has 0 aromatic heterocycles. The fourth-order valence-corrected chi connectivity index (χ4v) is 2.55. The second-order valence-electron chi connectivity index (χ2n) is 3.07. The zero-order valence-electron chi connectivity index (χ0n) is 8.73. The number of rotatable bonds is 5. The molecule has 1 rings (SSSR count). The van der Waals surface area contributed by atoms with Gasteiger partial charge in [-0.3, -0.25) is 0 Å². The number of anilines is 1. The molecule has 0 heterocycles. The van der Waals surface area contributed by atoms with Crippen LogP contribution in [-0.2, 0) is 10.0 Å². The second kappa shape index (κ2) is 5.51. The number of hydrogen-bond acceptors (Lipinski definition) is 4. The summed E-state index contributed by atoms with van der Waals surface area (Å²) in [6.07, 6.45) is 1.88. The van der Waals surface area contributed by atoms with Gasteiger partial charge in [0.2, 0.25) is 10.0 Å². The van der Waals surface area contributed by atoms with E-state index in [1.54, 1.807) is 0 Å². The zero-order chi connectivity index (χ0) is 12.2. The average Bonchev–Trinajstić information content (AvgIpc) is 2.22. The van der Waals surface area contributed by atoms with Gasteiger partial charge in [-0.05, 0) is 24.5 Å². The number of hydrogen-bond donors (Lipinski definition) is 2. The Morgan fingerprint density at radius 2 is 2.19 bits per heavy atom. The molecule has 0 spiro atoms. The largest absolute Gasteiger partial charge is 0.396 e. The molecule has 90 valence electrons. The van der Waals surface area contributed by atoms with Crippen LogP contribution in [0.15, 0.2) is 23.1 Å². The quantitative estimate of drug-likeness (QED) is 0.616. The molecule has 3 N–H and O–H groups in total. The molecular formula is C9H13FN2O2S2. The summed E-state index contributed by atoms with van der Waals surface area (Å²) in [5.41, 5.74) is 5.13. The molecule has 0 saturated carbocycles. The molecule has 0 radical (unpaired) electrons. The first-order chi connectivity index (χ1) is 7.47. The van der Waals surface area contributed by atoms with Gasteiger partial charge in [0, 0.05) is 12.3 Å². The van der Waals surface area contributed by atoms with Crippen molar-refractivity contribution in [2.45, 2.75) is 4.90 Å². The van der Waals surface area contributed by atoms with E-state index >= 15 is 0 Å². The van der Waals surface area contributed by atoms with E-state index in [1.807, 2.05) is 6.26 Å². The van der Waals surface area contributed by atoms with Gasteiger partial charge in [-0.2, -0.15) is 11.8 Å². The second-order valence-corrected chi connectivity index (χ2v) is 5.83. The molecule has 0 bridgehead atoms. The Morgan fingerprint density at radius 1 is 1.50 bits per heavy atom. The van der Waals surface area contributed by atoms with Gasteiger partial charge in [-0.15, -0.1) is 0 Å². The first-order valence-electron chi connectivity index (χ1n) is 4.51. The highest BCUT2D eigenvalue weighted by Gasteiger charge is 2.14. The van der Waals surface area contributed by atoms with Crippen LogP contribution in [0.25, 0.3) is 0 Å². The van der Waals surface area contributed by atoms with Gasteiger partial charge in [0.25, 0.3) is 0 Å². The van der Waals surface area contributed by atoms with Gasteiger partial charge >= 0.3 is 0 Å². The first-order valence-corrected chi connectivity index (χ1v) is 7.38. The Balaban J connectivity index is 2.86. The lowest BCUT2D eigenvalue weighted by molar-refractivity contribution is 0.583. The van der Waals surface area contributed by atoms with E-state index in [0.29, 0.717) is 12.3 Å². The van der Waals surface area contributed by atoms with Crippen LogP contribution < -0.4 is 10.5 Å². The Kier molecular flexibility index (Phi) is 4.57. The molecule has 0 aliphatic heterocycles. The summed E-state index contributed by atoms with van der Waals surface area (Å²) in [5, 5.41) is 0. The third-order valence-corrected chi connectivity index (χ3v) is 3.95. The monoisotopic (exact) mass is 264 g/mol. The van der Waals surface area contributed by atoms with E-state index in [4.69, 9.17) is 5.73 Å². The summed E-state index contributed by atoms with van der Waals surface area (Å²) < 4.78 is 38.6. The molecule has 0 unspecified atom stereocenters. The maximum atomic E-state index is 12.8. The third kappa shape index (κ3) is 3.36. The van der Waals surface area contributed by atoms with E-state index in [1.165, 1.54) is 17.8 Å². The zero-order valence-corrected chi connectivity index (χ0v) is 10.4. The van der Waals surface area contributed by atoms with Crippen LogP contribution in [0.5, 0.6) is 0 Å². The fraction of sp³-hybridized carbons (Fsp3) is 0.333. The highest BCUT2D eigenvalue weighted by molar-refractivity contribution is 7.98. The summed E-state index contributed by atoms with van der Waals surface area (Å²) >= 11 is 1.53. The number of thioether (sulfide) groups is 1. The lowest BCUT2D eigenvalue weighted by Crippen LogP contribution is -2.26. The van der Waals surface area contributed by atoms with Crippen molar-refractivity contribution < 1.29 is 12.8 Å². The van der Waals surface area contributed by atoms with Crippen molar-refractivity contribution in [2.24, 2.45) is 0 Å². The Bertz CT molecular complexity index is 463. The van der Waals surface area contributed by atoms with E-state index in [0.717, 1.165) is 12.1 Å². The van der Waals surface area contributed by atoms with Gasteiger partial charge < -0.3 is 5.73 Å². The van der Waals surface area contributed by atoms with Gasteiger partial charge in [0.15, 0.2) is 0 Å². The lowest BCUT2D eigenvalue weighted by atomic mass is 10.3. The molecule has 7 heteroatoms. The molecule has 0 atom stereocenters. The van der Waals surface area contributed by atoms with E-state index in [9.17, 15) is 12.8 Å². The summed E-state index contributed by atoms with van der Waals surface area (Å²) in [6.45, 7) is 0.334. The summed E-state index contributed by atoms with van der Waals surface area (Å²) in [4.78, 5) is -0.0208. The minimum absolute atomic E-state index is 0.0208. The average molecular weight is 264 g/mol. The standard InChI is InChI=1S/C9H13FN2O2S2/c1-15-5-4-12-16(13,14)7-2-3-8(10)9(11)6-7/h2-3,6,12H,4-5,11H2,1H3. The van der Waals surface area contributed by atoms with Crippen molar-refractivity contribution in [3.63, 3.8) is 0 Å². The molecule has 0 saturated heterocycles. The number of benzene rings is 1. The number of halogens is 1. The maximum Gasteiger partial charge on any atom is 0.240 e. The molecule has 16 heavy (non-hydrogen) atoms. The van der Waals surface area contributed by atoms with Gasteiger partial charge in [-0.25, -0.2) is 17.5 Å². The summed E-state index contributed by atoms with van der Waals surface area (Å²) in [7, 11) is -3.58. The minimum atomic E-state index is -3.58. The molecule has 1 aromatic rings. The van der Waals surface area contributed by atoms with Crippen molar-refractivity contribution in [1.29, 1.82) is 0 Å². The molecule has 0 amide bonds. The predicted octanol–water partition coefficient (Wildman–Crippen LogP) is 1.05. The van der Waals surface area contributed by atoms with E-state index in [2.05, 4.69) is 4.72 Å². The van der Waals surface area contributed by atoms with Crippen molar-refractivity contribution in [3.8, 4) is 0 Å². The fourth-order valence-electron chi connectivity index (χ4n) is 1.05. The SMILES string of the molecule is CSCCNS(=O)(=O)c1ccc(F)c(N)c1. The molecular weight excluding hydrogens is 251 g/mol. The van der Waals surface area contributed by atoms with E-state index < -0.39 is 15.8 Å². The Morgan fingerprint density at radius 3 is 2.75 bits per heavy atom. The number of sulfonamides is 1. The summed E-state index contributed by atoms with van der Waals surface area (Å²) in [5.74, 6) is 0.0543. The van der Waals surface area contributed by atoms with Crippen LogP contribution in [0.1, 0.15) is 0 Å². The van der Waals surface area contributed by atoms with Crippen LogP contribution in [0.3, 0.4) is 0 Å². The topological polar surface area (TPSA) is 72.2 Å². The summed E-state index contributed by atoms with van der Waals surface area (Å²) in [6, 6.07) is 3.34. The number of nitrogens with one attached hydrogen (secondary N) is 1. The van der Waals surface area contributed by atoms with Crippen LogP contribution in [-0.4, -0.2) is 27.0 Å². The molecule has 0 aliphatic carbocycles. The highest BCUT2D eigenvalue weighted by atomic mass is 32.2. The van der Waals surface area contributed by atoms with Gasteiger partial charge in [-0.1, -0.05) is 0 Å². The van der Waals surface area contributed by atoms with Crippen LogP contribution in [0.4, 0.5) is 10.1 Å². The van der Waals surface area contributed by atoms with Crippen molar-refractivity contribution in [1.82, 2.24) is 4.72 Å². The Hall–Kier alpha value is -0.790. The van der Waals surface area contributed by atoms with Crippen molar-refractivity contribution in [2.75, 3.05) is 24.3 Å². The number of nitrogens with two attached hydrogens (primary N) is 1. The molecule has 0 aliphatic rings. The van der Waals surface area contributed by atoms with Crippen molar-refractivity contribution in [3.05, 3.63) is 24.0 Å². The Labute approximate surface area is 98.5 Å². The van der Waals surface area contributed by atoms with Gasteiger partial charge in [0.1, 0.15) is 5.82 Å². The van der Waals surface area contributed by atoms with Crippen LogP contribution in [0.2, 0.25) is 0 Å². The van der Waals surface area contributed by atoms with Crippen molar-refractivity contribution >= 4 is 27.5 Å². The first kappa shape index (κ1) is 13.3. The molecule has 4 nitrogen and oxygen atoms in total. The van der Waals surface area contributed by atoms with Crippen LogP contribution in [0, 0.1) is 5.82 Å². The predicted molar refractivity (Wildman–Crippen MR) is 64.4 cm³/mol. The molecule has 1 aromatic carbocycles. The normalized spacial score (nSPS) is 11.6. The smallest absolute Gasteiger partial charge is 0.240 e. The van der Waals surface area contributed by atoms with Gasteiger partial charge in [0.05, 0.1) is 10.6 Å². The number of nitrogen functional groups attached to an aromatic ring is 1. The van der Waals surface area contributed by atoms with Crippen LogP contribution >= 0.6 is 11.8 Å². The minimum Gasteiger partial charge on any atom is -0.396 e. The molecule has 0 fully saturated rings. The van der Waals surface area contributed by atoms with E-state index in [-0.39, 0.29) is 10.6 Å². The lowest BCUT2D eigenvalue weighted by Gasteiger charge is -2.06. The third-order valence-electron chi connectivity index (χ3n) is 1.88.